The van der Waals surface area contributed by atoms with E-state index in [1.807, 2.05) is 18.2 Å². The van der Waals surface area contributed by atoms with Crippen LogP contribution >= 0.6 is 31.9 Å². The second kappa shape index (κ2) is 5.08. The number of halogens is 2. The molecule has 5 heteroatoms. The molecule has 1 amide bonds. The van der Waals surface area contributed by atoms with Gasteiger partial charge in [0.1, 0.15) is 0 Å². The third kappa shape index (κ3) is 2.89. The highest BCUT2D eigenvalue weighted by Crippen LogP contribution is 2.31. The van der Waals surface area contributed by atoms with Gasteiger partial charge >= 0.3 is 0 Å². The summed E-state index contributed by atoms with van der Waals surface area (Å²) in [5.41, 5.74) is 6.16. The average molecular weight is 362 g/mol. The Morgan fingerprint density at radius 1 is 1.29 bits per heavy atom. The van der Waals surface area contributed by atoms with Crippen molar-refractivity contribution >= 4 is 43.5 Å². The lowest BCUT2D eigenvalue weighted by Gasteiger charge is -2.22. The largest absolute Gasteiger partial charge is 0.323 e. The van der Waals surface area contributed by atoms with E-state index in [9.17, 15) is 4.79 Å². The monoisotopic (exact) mass is 360 g/mol. The zero-order chi connectivity index (χ0) is 12.5. The van der Waals surface area contributed by atoms with E-state index >= 15 is 0 Å². The topological polar surface area (TPSA) is 55.1 Å². The van der Waals surface area contributed by atoms with E-state index in [1.165, 1.54) is 0 Å². The van der Waals surface area contributed by atoms with Gasteiger partial charge in [-0.1, -0.05) is 28.8 Å². The van der Waals surface area contributed by atoms with E-state index in [2.05, 4.69) is 37.2 Å². The van der Waals surface area contributed by atoms with Crippen LogP contribution in [0.1, 0.15) is 25.7 Å². The predicted octanol–water partition coefficient (Wildman–Crippen LogP) is 3.42. The average Bonchev–Trinajstić information content (AvgIpc) is 2.72. The molecule has 0 saturated heterocycles. The SMILES string of the molecule is NC1(C(=O)Nc2cc(Br)ccc2Br)CCCC1. The minimum Gasteiger partial charge on any atom is -0.323 e. The van der Waals surface area contributed by atoms with Crippen LogP contribution in [0.15, 0.2) is 27.1 Å². The van der Waals surface area contributed by atoms with Crippen LogP contribution in [0, 0.1) is 0 Å². The van der Waals surface area contributed by atoms with Crippen molar-refractivity contribution in [2.75, 3.05) is 5.32 Å². The Bertz CT molecular complexity index is 442. The van der Waals surface area contributed by atoms with Gasteiger partial charge in [0.05, 0.1) is 11.2 Å². The maximum absolute atomic E-state index is 12.1. The Kier molecular flexibility index (Phi) is 3.90. The van der Waals surface area contributed by atoms with Crippen molar-refractivity contribution in [3.05, 3.63) is 27.1 Å². The van der Waals surface area contributed by atoms with Gasteiger partial charge in [-0.3, -0.25) is 4.79 Å². The lowest BCUT2D eigenvalue weighted by atomic mass is 9.98. The number of rotatable bonds is 2. The van der Waals surface area contributed by atoms with Crippen molar-refractivity contribution in [2.45, 2.75) is 31.2 Å². The molecule has 2 rings (SSSR count). The van der Waals surface area contributed by atoms with E-state index in [4.69, 9.17) is 5.73 Å². The Hall–Kier alpha value is -0.390. The number of amides is 1. The maximum Gasteiger partial charge on any atom is 0.244 e. The van der Waals surface area contributed by atoms with Gasteiger partial charge in [-0.2, -0.15) is 0 Å². The number of nitrogens with one attached hydrogen (secondary N) is 1. The first-order valence-corrected chi connectivity index (χ1v) is 7.15. The fourth-order valence-electron chi connectivity index (χ4n) is 2.07. The number of hydrogen-bond donors (Lipinski definition) is 2. The fraction of sp³-hybridized carbons (Fsp3) is 0.417. The van der Waals surface area contributed by atoms with Crippen molar-refractivity contribution in [1.29, 1.82) is 0 Å². The molecule has 3 N–H and O–H groups in total. The molecule has 0 atom stereocenters. The Labute approximate surface area is 117 Å². The summed E-state index contributed by atoms with van der Waals surface area (Å²) in [4.78, 5) is 12.1. The molecule has 0 unspecified atom stereocenters. The van der Waals surface area contributed by atoms with Gasteiger partial charge in [0.25, 0.3) is 0 Å². The normalized spacial score (nSPS) is 18.1. The highest BCUT2D eigenvalue weighted by Gasteiger charge is 2.37. The highest BCUT2D eigenvalue weighted by atomic mass is 79.9. The van der Waals surface area contributed by atoms with E-state index in [1.54, 1.807) is 0 Å². The summed E-state index contributed by atoms with van der Waals surface area (Å²) in [6.07, 6.45) is 3.60. The molecule has 1 aromatic rings. The molecular weight excluding hydrogens is 348 g/mol. The van der Waals surface area contributed by atoms with Crippen LogP contribution in [-0.4, -0.2) is 11.4 Å². The van der Waals surface area contributed by atoms with Crippen LogP contribution in [0.3, 0.4) is 0 Å². The molecule has 0 bridgehead atoms. The number of carbonyl (C=O) groups excluding carboxylic acids is 1. The van der Waals surface area contributed by atoms with Gasteiger partial charge in [0, 0.05) is 8.95 Å². The zero-order valence-corrected chi connectivity index (χ0v) is 12.5. The molecule has 1 fully saturated rings. The molecule has 1 aromatic carbocycles. The molecule has 0 aromatic heterocycles. The fourth-order valence-corrected chi connectivity index (χ4v) is 2.78. The predicted molar refractivity (Wildman–Crippen MR) is 75.9 cm³/mol. The van der Waals surface area contributed by atoms with Gasteiger partial charge in [-0.05, 0) is 47.0 Å². The summed E-state index contributed by atoms with van der Waals surface area (Å²) in [6, 6.07) is 5.66. The molecule has 1 aliphatic rings. The molecule has 17 heavy (non-hydrogen) atoms. The molecule has 3 nitrogen and oxygen atoms in total. The molecule has 1 aliphatic carbocycles. The second-order valence-electron chi connectivity index (χ2n) is 4.44. The summed E-state index contributed by atoms with van der Waals surface area (Å²) in [5, 5.41) is 2.89. The Balaban J connectivity index is 2.15. The third-order valence-electron chi connectivity index (χ3n) is 3.12. The Morgan fingerprint density at radius 3 is 2.59 bits per heavy atom. The highest BCUT2D eigenvalue weighted by molar-refractivity contribution is 9.11. The van der Waals surface area contributed by atoms with Gasteiger partial charge in [0.2, 0.25) is 5.91 Å². The molecular formula is C12H14Br2N2O. The van der Waals surface area contributed by atoms with Crippen molar-refractivity contribution in [3.63, 3.8) is 0 Å². The van der Waals surface area contributed by atoms with Crippen molar-refractivity contribution in [2.24, 2.45) is 5.73 Å². The van der Waals surface area contributed by atoms with Crippen LogP contribution in [0.25, 0.3) is 0 Å². The van der Waals surface area contributed by atoms with Crippen LogP contribution in [0.2, 0.25) is 0 Å². The van der Waals surface area contributed by atoms with E-state index in [0.29, 0.717) is 0 Å². The first-order valence-electron chi connectivity index (χ1n) is 5.57. The Morgan fingerprint density at radius 2 is 1.94 bits per heavy atom. The molecule has 0 aliphatic heterocycles. The number of benzene rings is 1. The first-order chi connectivity index (χ1) is 8.01. The number of nitrogens with two attached hydrogens (primary N) is 1. The van der Waals surface area contributed by atoms with Crippen LogP contribution in [0.4, 0.5) is 5.69 Å². The molecule has 0 spiro atoms. The summed E-state index contributed by atoms with van der Waals surface area (Å²) < 4.78 is 1.78. The third-order valence-corrected chi connectivity index (χ3v) is 4.31. The lowest BCUT2D eigenvalue weighted by molar-refractivity contribution is -0.121. The van der Waals surface area contributed by atoms with Crippen LogP contribution in [0.5, 0.6) is 0 Å². The summed E-state index contributed by atoms with van der Waals surface area (Å²) in [6.45, 7) is 0. The summed E-state index contributed by atoms with van der Waals surface area (Å²) in [7, 11) is 0. The molecule has 0 heterocycles. The molecule has 0 radical (unpaired) electrons. The maximum atomic E-state index is 12.1. The first kappa shape index (κ1) is 13.1. The zero-order valence-electron chi connectivity index (χ0n) is 9.30. The van der Waals surface area contributed by atoms with E-state index in [0.717, 1.165) is 40.3 Å². The van der Waals surface area contributed by atoms with Gasteiger partial charge in [-0.15, -0.1) is 0 Å². The van der Waals surface area contributed by atoms with Gasteiger partial charge < -0.3 is 11.1 Å². The van der Waals surface area contributed by atoms with E-state index in [-0.39, 0.29) is 5.91 Å². The standard InChI is InChI=1S/C12H14Br2N2O/c13-8-3-4-9(14)10(7-8)16-11(17)12(15)5-1-2-6-12/h3-4,7H,1-2,5-6,15H2,(H,16,17). The number of carbonyl (C=O) groups is 1. The number of hydrogen-bond acceptors (Lipinski definition) is 2. The number of anilines is 1. The van der Waals surface area contributed by atoms with Crippen molar-refractivity contribution in [1.82, 2.24) is 0 Å². The van der Waals surface area contributed by atoms with Gasteiger partial charge in [0.15, 0.2) is 0 Å². The minimum absolute atomic E-state index is 0.0891. The summed E-state index contributed by atoms with van der Waals surface area (Å²) in [5.74, 6) is -0.0891. The van der Waals surface area contributed by atoms with E-state index < -0.39 is 5.54 Å². The van der Waals surface area contributed by atoms with Crippen molar-refractivity contribution in [3.8, 4) is 0 Å². The smallest absolute Gasteiger partial charge is 0.244 e. The molecule has 92 valence electrons. The van der Waals surface area contributed by atoms with Crippen molar-refractivity contribution < 1.29 is 4.79 Å². The lowest BCUT2D eigenvalue weighted by Crippen LogP contribution is -2.48. The van der Waals surface area contributed by atoms with Crippen LogP contribution in [-0.2, 0) is 4.79 Å². The molecule has 1 saturated carbocycles. The van der Waals surface area contributed by atoms with Gasteiger partial charge in [-0.25, -0.2) is 0 Å². The minimum atomic E-state index is -0.693. The summed E-state index contributed by atoms with van der Waals surface area (Å²) >= 11 is 6.79. The quantitative estimate of drug-likeness (QED) is 0.847. The second-order valence-corrected chi connectivity index (χ2v) is 6.21. The van der Waals surface area contributed by atoms with Crippen LogP contribution < -0.4 is 11.1 Å².